The molecule has 1 aromatic heterocycles. The number of aliphatic hydroxyl groups is 1. The SMILES string of the molecule is CCC(CCO)Nc1cc(C)ccn1. The van der Waals surface area contributed by atoms with Crippen molar-refractivity contribution in [3.05, 3.63) is 23.9 Å². The van der Waals surface area contributed by atoms with E-state index in [1.807, 2.05) is 19.1 Å². The van der Waals surface area contributed by atoms with Crippen molar-refractivity contribution in [1.82, 2.24) is 4.98 Å². The number of anilines is 1. The minimum absolute atomic E-state index is 0.220. The molecule has 1 atom stereocenters. The van der Waals surface area contributed by atoms with E-state index < -0.39 is 0 Å². The van der Waals surface area contributed by atoms with Crippen molar-refractivity contribution in [2.75, 3.05) is 11.9 Å². The number of rotatable bonds is 5. The largest absolute Gasteiger partial charge is 0.396 e. The Kier molecular flexibility index (Phi) is 4.40. The minimum atomic E-state index is 0.220. The van der Waals surface area contributed by atoms with Crippen molar-refractivity contribution in [2.24, 2.45) is 0 Å². The smallest absolute Gasteiger partial charge is 0.126 e. The van der Waals surface area contributed by atoms with E-state index in [-0.39, 0.29) is 6.61 Å². The molecule has 0 radical (unpaired) electrons. The van der Waals surface area contributed by atoms with Crippen LogP contribution in [0.4, 0.5) is 5.82 Å². The zero-order valence-electron chi connectivity index (χ0n) is 8.83. The number of aromatic nitrogens is 1. The Balaban J connectivity index is 2.57. The van der Waals surface area contributed by atoms with Crippen LogP contribution in [0.5, 0.6) is 0 Å². The van der Waals surface area contributed by atoms with Crippen molar-refractivity contribution in [3.8, 4) is 0 Å². The van der Waals surface area contributed by atoms with Crippen molar-refractivity contribution < 1.29 is 5.11 Å². The highest BCUT2D eigenvalue weighted by Crippen LogP contribution is 2.09. The molecule has 2 N–H and O–H groups in total. The van der Waals surface area contributed by atoms with Crippen molar-refractivity contribution in [3.63, 3.8) is 0 Å². The highest BCUT2D eigenvalue weighted by atomic mass is 16.3. The number of nitrogens with one attached hydrogen (secondary N) is 1. The van der Waals surface area contributed by atoms with Gasteiger partial charge in [-0.05, 0) is 37.5 Å². The summed E-state index contributed by atoms with van der Waals surface area (Å²) in [4.78, 5) is 4.22. The molecule has 1 unspecified atom stereocenters. The van der Waals surface area contributed by atoms with Crippen LogP contribution in [-0.2, 0) is 0 Å². The van der Waals surface area contributed by atoms with Gasteiger partial charge < -0.3 is 10.4 Å². The van der Waals surface area contributed by atoms with E-state index >= 15 is 0 Å². The van der Waals surface area contributed by atoms with E-state index in [1.54, 1.807) is 6.20 Å². The molecule has 1 rings (SSSR count). The zero-order valence-corrected chi connectivity index (χ0v) is 8.83. The summed E-state index contributed by atoms with van der Waals surface area (Å²) in [6.45, 7) is 4.36. The third-order valence-corrected chi connectivity index (χ3v) is 2.24. The Morgan fingerprint density at radius 2 is 2.36 bits per heavy atom. The zero-order chi connectivity index (χ0) is 10.4. The fraction of sp³-hybridized carbons (Fsp3) is 0.545. The fourth-order valence-corrected chi connectivity index (χ4v) is 1.36. The summed E-state index contributed by atoms with van der Waals surface area (Å²) in [6.07, 6.45) is 3.56. The third kappa shape index (κ3) is 3.34. The molecule has 0 amide bonds. The summed E-state index contributed by atoms with van der Waals surface area (Å²) in [6, 6.07) is 4.30. The molecule has 3 nitrogen and oxygen atoms in total. The van der Waals surface area contributed by atoms with E-state index in [0.29, 0.717) is 6.04 Å². The van der Waals surface area contributed by atoms with Gasteiger partial charge in [-0.25, -0.2) is 4.98 Å². The third-order valence-electron chi connectivity index (χ3n) is 2.24. The first kappa shape index (κ1) is 11.0. The van der Waals surface area contributed by atoms with Crippen molar-refractivity contribution in [1.29, 1.82) is 0 Å². The van der Waals surface area contributed by atoms with Crippen LogP contribution in [0.2, 0.25) is 0 Å². The average Bonchev–Trinajstić information content (AvgIpc) is 2.17. The molecule has 78 valence electrons. The molecule has 3 heteroatoms. The highest BCUT2D eigenvalue weighted by Gasteiger charge is 2.05. The maximum atomic E-state index is 8.84. The molecule has 0 aromatic carbocycles. The predicted octanol–water partition coefficient (Wildman–Crippen LogP) is 1.96. The predicted molar refractivity (Wildman–Crippen MR) is 58.4 cm³/mol. The Hall–Kier alpha value is -1.09. The Morgan fingerprint density at radius 3 is 2.93 bits per heavy atom. The molecular weight excluding hydrogens is 176 g/mol. The molecular formula is C11H18N2O. The second-order valence-electron chi connectivity index (χ2n) is 3.48. The maximum absolute atomic E-state index is 8.84. The lowest BCUT2D eigenvalue weighted by atomic mass is 10.1. The first-order chi connectivity index (χ1) is 6.76. The molecule has 0 aliphatic rings. The van der Waals surface area contributed by atoms with Gasteiger partial charge in [0.15, 0.2) is 0 Å². The molecule has 0 fully saturated rings. The summed E-state index contributed by atoms with van der Waals surface area (Å²) < 4.78 is 0. The van der Waals surface area contributed by atoms with E-state index in [1.165, 1.54) is 5.56 Å². The number of aryl methyl sites for hydroxylation is 1. The molecule has 0 aliphatic carbocycles. The average molecular weight is 194 g/mol. The van der Waals surface area contributed by atoms with Gasteiger partial charge in [-0.3, -0.25) is 0 Å². The molecule has 0 saturated carbocycles. The van der Waals surface area contributed by atoms with Crippen LogP contribution in [0, 0.1) is 6.92 Å². The lowest BCUT2D eigenvalue weighted by Gasteiger charge is -2.16. The Labute approximate surface area is 85.2 Å². The molecule has 0 spiro atoms. The van der Waals surface area contributed by atoms with Gasteiger partial charge in [0, 0.05) is 18.8 Å². The monoisotopic (exact) mass is 194 g/mol. The van der Waals surface area contributed by atoms with E-state index in [4.69, 9.17) is 5.11 Å². The van der Waals surface area contributed by atoms with Crippen LogP contribution in [0.1, 0.15) is 25.3 Å². The van der Waals surface area contributed by atoms with Crippen LogP contribution >= 0.6 is 0 Å². The van der Waals surface area contributed by atoms with E-state index in [0.717, 1.165) is 18.7 Å². The summed E-state index contributed by atoms with van der Waals surface area (Å²) >= 11 is 0. The van der Waals surface area contributed by atoms with E-state index in [9.17, 15) is 0 Å². The van der Waals surface area contributed by atoms with E-state index in [2.05, 4.69) is 17.2 Å². The van der Waals surface area contributed by atoms with Gasteiger partial charge in [0.05, 0.1) is 0 Å². The number of nitrogens with zero attached hydrogens (tertiary/aromatic N) is 1. The van der Waals surface area contributed by atoms with Crippen LogP contribution in [0.3, 0.4) is 0 Å². The molecule has 0 saturated heterocycles. The van der Waals surface area contributed by atoms with Crippen LogP contribution < -0.4 is 5.32 Å². The standard InChI is InChI=1S/C11H18N2O/c1-3-10(5-7-14)13-11-8-9(2)4-6-12-11/h4,6,8,10,14H,3,5,7H2,1-2H3,(H,12,13). The van der Waals surface area contributed by atoms with Crippen LogP contribution in [0.25, 0.3) is 0 Å². The van der Waals surface area contributed by atoms with Gasteiger partial charge in [0.25, 0.3) is 0 Å². The first-order valence-electron chi connectivity index (χ1n) is 5.06. The fourth-order valence-electron chi connectivity index (χ4n) is 1.36. The summed E-state index contributed by atoms with van der Waals surface area (Å²) in [5, 5.41) is 12.1. The quantitative estimate of drug-likeness (QED) is 0.753. The lowest BCUT2D eigenvalue weighted by molar-refractivity contribution is 0.278. The van der Waals surface area contributed by atoms with Crippen molar-refractivity contribution >= 4 is 5.82 Å². The molecule has 1 heterocycles. The van der Waals surface area contributed by atoms with Gasteiger partial charge in [-0.1, -0.05) is 6.92 Å². The second kappa shape index (κ2) is 5.60. The molecule has 0 aliphatic heterocycles. The number of hydrogen-bond donors (Lipinski definition) is 2. The highest BCUT2D eigenvalue weighted by molar-refractivity contribution is 5.37. The number of hydrogen-bond acceptors (Lipinski definition) is 3. The number of pyridine rings is 1. The summed E-state index contributed by atoms with van der Waals surface area (Å²) in [7, 11) is 0. The first-order valence-corrected chi connectivity index (χ1v) is 5.06. The molecule has 0 bridgehead atoms. The molecule has 1 aromatic rings. The van der Waals surface area contributed by atoms with Gasteiger partial charge in [0.2, 0.25) is 0 Å². The van der Waals surface area contributed by atoms with Crippen molar-refractivity contribution in [2.45, 2.75) is 32.7 Å². The summed E-state index contributed by atoms with van der Waals surface area (Å²) in [5.41, 5.74) is 1.20. The van der Waals surface area contributed by atoms with Gasteiger partial charge in [0.1, 0.15) is 5.82 Å². The minimum Gasteiger partial charge on any atom is -0.396 e. The van der Waals surface area contributed by atoms with Gasteiger partial charge in [-0.2, -0.15) is 0 Å². The van der Waals surface area contributed by atoms with Crippen LogP contribution in [0.15, 0.2) is 18.3 Å². The maximum Gasteiger partial charge on any atom is 0.126 e. The topological polar surface area (TPSA) is 45.1 Å². The Bertz CT molecular complexity index is 276. The Morgan fingerprint density at radius 1 is 1.57 bits per heavy atom. The van der Waals surface area contributed by atoms with Gasteiger partial charge >= 0.3 is 0 Å². The van der Waals surface area contributed by atoms with Crippen LogP contribution in [-0.4, -0.2) is 22.7 Å². The lowest BCUT2D eigenvalue weighted by Crippen LogP contribution is -2.20. The van der Waals surface area contributed by atoms with Gasteiger partial charge in [-0.15, -0.1) is 0 Å². The number of aliphatic hydroxyl groups excluding tert-OH is 1. The normalized spacial score (nSPS) is 12.5. The summed E-state index contributed by atoms with van der Waals surface area (Å²) in [5.74, 6) is 0.894. The molecule has 14 heavy (non-hydrogen) atoms. The second-order valence-corrected chi connectivity index (χ2v) is 3.48.